The number of pyridine rings is 1. The van der Waals surface area contributed by atoms with E-state index in [1.165, 1.54) is 5.56 Å². The van der Waals surface area contributed by atoms with Crippen LogP contribution in [0.3, 0.4) is 0 Å². The van der Waals surface area contributed by atoms with Gasteiger partial charge in [0.15, 0.2) is 0 Å². The van der Waals surface area contributed by atoms with Crippen LogP contribution in [-0.2, 0) is 6.54 Å². The molecule has 0 aliphatic carbocycles. The number of carbonyl (C=O) groups excluding carboxylic acids is 1. The van der Waals surface area contributed by atoms with Crippen LogP contribution in [0.2, 0.25) is 0 Å². The predicted octanol–water partition coefficient (Wildman–Crippen LogP) is 4.22. The largest absolute Gasteiger partial charge is 0.322 e. The van der Waals surface area contributed by atoms with Crippen LogP contribution in [-0.4, -0.2) is 10.5 Å². The highest BCUT2D eigenvalue weighted by molar-refractivity contribution is 9.10. The summed E-state index contributed by atoms with van der Waals surface area (Å²) in [5, 5.41) is 2.75. The molecule has 3 aromatic rings. The van der Waals surface area contributed by atoms with E-state index in [2.05, 4.69) is 21.2 Å². The van der Waals surface area contributed by atoms with Crippen LogP contribution in [0.5, 0.6) is 0 Å². The zero-order valence-electron chi connectivity index (χ0n) is 13.7. The van der Waals surface area contributed by atoms with E-state index in [-0.39, 0.29) is 11.1 Å². The van der Waals surface area contributed by atoms with Crippen molar-refractivity contribution < 1.29 is 4.79 Å². The number of rotatable bonds is 4. The second-order valence-corrected chi connectivity index (χ2v) is 6.72. The lowest BCUT2D eigenvalue weighted by molar-refractivity contribution is 0.102. The van der Waals surface area contributed by atoms with Crippen LogP contribution in [0.25, 0.3) is 0 Å². The van der Waals surface area contributed by atoms with E-state index >= 15 is 0 Å². The number of anilines is 1. The lowest BCUT2D eigenvalue weighted by Gasteiger charge is -2.09. The van der Waals surface area contributed by atoms with Gasteiger partial charge in [0, 0.05) is 16.4 Å². The molecule has 4 nitrogen and oxygen atoms in total. The molecule has 0 bridgehead atoms. The third-order valence-corrected chi connectivity index (χ3v) is 4.37. The first-order valence-electron chi connectivity index (χ1n) is 7.85. The highest BCUT2D eigenvalue weighted by Crippen LogP contribution is 2.14. The number of benzene rings is 2. The average molecular weight is 397 g/mol. The van der Waals surface area contributed by atoms with Crippen molar-refractivity contribution in [3.05, 3.63) is 98.4 Å². The van der Waals surface area contributed by atoms with Crippen molar-refractivity contribution >= 4 is 27.5 Å². The summed E-state index contributed by atoms with van der Waals surface area (Å²) >= 11 is 3.35. The van der Waals surface area contributed by atoms with Gasteiger partial charge in [-0.05, 0) is 48.9 Å². The molecule has 0 radical (unpaired) electrons. The van der Waals surface area contributed by atoms with Crippen LogP contribution >= 0.6 is 15.9 Å². The molecule has 0 unspecified atom stereocenters. The maximum atomic E-state index is 12.6. The summed E-state index contributed by atoms with van der Waals surface area (Å²) in [7, 11) is 0. The van der Waals surface area contributed by atoms with Crippen molar-refractivity contribution in [3.63, 3.8) is 0 Å². The Balaban J connectivity index is 1.82. The topological polar surface area (TPSA) is 51.1 Å². The Bertz CT molecular complexity index is 945. The van der Waals surface area contributed by atoms with Crippen LogP contribution in [0.4, 0.5) is 5.69 Å². The van der Waals surface area contributed by atoms with Crippen molar-refractivity contribution in [2.45, 2.75) is 13.5 Å². The minimum Gasteiger partial charge on any atom is -0.322 e. The molecular weight excluding hydrogens is 380 g/mol. The van der Waals surface area contributed by atoms with Crippen LogP contribution in [0.15, 0.2) is 76.1 Å². The summed E-state index contributed by atoms with van der Waals surface area (Å²) in [6.07, 6.45) is 1.69. The second-order valence-electron chi connectivity index (χ2n) is 5.80. The molecule has 0 saturated heterocycles. The molecule has 0 aliphatic heterocycles. The third-order valence-electron chi connectivity index (χ3n) is 3.84. The highest BCUT2D eigenvalue weighted by atomic mass is 79.9. The smallest absolute Gasteiger partial charge is 0.263 e. The van der Waals surface area contributed by atoms with Crippen LogP contribution in [0, 0.1) is 6.92 Å². The average Bonchev–Trinajstić information content (AvgIpc) is 2.60. The Morgan fingerprint density at radius 3 is 2.40 bits per heavy atom. The number of aryl methyl sites for hydroxylation is 1. The van der Waals surface area contributed by atoms with E-state index in [0.717, 1.165) is 10.0 Å². The Labute approximate surface area is 154 Å². The van der Waals surface area contributed by atoms with Crippen molar-refractivity contribution in [2.24, 2.45) is 0 Å². The number of carbonyl (C=O) groups is 1. The first-order valence-corrected chi connectivity index (χ1v) is 8.64. The van der Waals surface area contributed by atoms with Gasteiger partial charge < -0.3 is 9.88 Å². The van der Waals surface area contributed by atoms with Gasteiger partial charge in [-0.1, -0.05) is 45.8 Å². The van der Waals surface area contributed by atoms with E-state index in [1.54, 1.807) is 35.0 Å². The van der Waals surface area contributed by atoms with E-state index in [1.807, 2.05) is 43.3 Å². The molecule has 1 aromatic heterocycles. The Morgan fingerprint density at radius 1 is 1.04 bits per heavy atom. The van der Waals surface area contributed by atoms with Crippen molar-refractivity contribution in [2.75, 3.05) is 5.32 Å². The summed E-state index contributed by atoms with van der Waals surface area (Å²) in [6, 6.07) is 18.4. The highest BCUT2D eigenvalue weighted by Gasteiger charge is 2.12. The second kappa shape index (κ2) is 7.49. The molecule has 1 heterocycles. The lowest BCUT2D eigenvalue weighted by Crippen LogP contribution is -2.29. The molecule has 0 aliphatic rings. The van der Waals surface area contributed by atoms with Gasteiger partial charge in [-0.2, -0.15) is 0 Å². The van der Waals surface area contributed by atoms with Gasteiger partial charge in [-0.25, -0.2) is 0 Å². The fraction of sp³-hybridized carbons (Fsp3) is 0.100. The zero-order chi connectivity index (χ0) is 17.8. The normalized spacial score (nSPS) is 10.5. The molecule has 5 heteroatoms. The predicted molar refractivity (Wildman–Crippen MR) is 103 cm³/mol. The SMILES string of the molecule is Cc1ccc(Cn2cccc(C(=O)Nc3ccc(Br)cc3)c2=O)cc1. The molecule has 3 rings (SSSR count). The molecular formula is C20H17BrN2O2. The van der Waals surface area contributed by atoms with Crippen molar-refractivity contribution in [3.8, 4) is 0 Å². The fourth-order valence-corrected chi connectivity index (χ4v) is 2.72. The van der Waals surface area contributed by atoms with Crippen LogP contribution < -0.4 is 10.9 Å². The van der Waals surface area contributed by atoms with Crippen LogP contribution in [0.1, 0.15) is 21.5 Å². The summed E-state index contributed by atoms with van der Waals surface area (Å²) in [4.78, 5) is 25.1. The maximum Gasteiger partial charge on any atom is 0.263 e. The summed E-state index contributed by atoms with van der Waals surface area (Å²) in [5.41, 5.74) is 2.63. The van der Waals surface area contributed by atoms with Gasteiger partial charge in [0.2, 0.25) is 0 Å². The fourth-order valence-electron chi connectivity index (χ4n) is 2.46. The molecule has 1 N–H and O–H groups in total. The number of amides is 1. The number of aromatic nitrogens is 1. The Kier molecular flexibility index (Phi) is 5.14. The maximum absolute atomic E-state index is 12.6. The van der Waals surface area contributed by atoms with Gasteiger partial charge >= 0.3 is 0 Å². The van der Waals surface area contributed by atoms with Gasteiger partial charge in [-0.15, -0.1) is 0 Å². The number of hydrogen-bond acceptors (Lipinski definition) is 2. The van der Waals surface area contributed by atoms with Gasteiger partial charge in [-0.3, -0.25) is 9.59 Å². The van der Waals surface area contributed by atoms with Gasteiger partial charge in [0.25, 0.3) is 11.5 Å². The Hall–Kier alpha value is -2.66. The number of nitrogens with zero attached hydrogens (tertiary/aromatic N) is 1. The number of halogens is 1. The monoisotopic (exact) mass is 396 g/mol. The summed E-state index contributed by atoms with van der Waals surface area (Å²) in [6.45, 7) is 2.45. The quantitative estimate of drug-likeness (QED) is 0.717. The Morgan fingerprint density at radius 2 is 1.72 bits per heavy atom. The van der Waals surface area contributed by atoms with E-state index in [0.29, 0.717) is 12.2 Å². The molecule has 2 aromatic carbocycles. The van der Waals surface area contributed by atoms with E-state index in [9.17, 15) is 9.59 Å². The standard InChI is InChI=1S/C20H17BrN2O2/c1-14-4-6-15(7-5-14)13-23-12-2-3-18(20(23)25)19(24)22-17-10-8-16(21)9-11-17/h2-12H,13H2,1H3,(H,22,24). The summed E-state index contributed by atoms with van der Waals surface area (Å²) in [5.74, 6) is -0.412. The zero-order valence-corrected chi connectivity index (χ0v) is 15.3. The van der Waals surface area contributed by atoms with Gasteiger partial charge in [0.1, 0.15) is 5.56 Å². The molecule has 0 spiro atoms. The number of nitrogens with one attached hydrogen (secondary N) is 1. The minimum atomic E-state index is -0.412. The van der Waals surface area contributed by atoms with E-state index in [4.69, 9.17) is 0 Å². The molecule has 25 heavy (non-hydrogen) atoms. The van der Waals surface area contributed by atoms with Crippen molar-refractivity contribution in [1.29, 1.82) is 0 Å². The summed E-state index contributed by atoms with van der Waals surface area (Å²) < 4.78 is 2.46. The van der Waals surface area contributed by atoms with Crippen molar-refractivity contribution in [1.82, 2.24) is 4.57 Å². The van der Waals surface area contributed by atoms with Gasteiger partial charge in [0.05, 0.1) is 6.54 Å². The third kappa shape index (κ3) is 4.25. The minimum absolute atomic E-state index is 0.123. The molecule has 0 atom stereocenters. The molecule has 0 saturated carbocycles. The van der Waals surface area contributed by atoms with E-state index < -0.39 is 5.91 Å². The molecule has 126 valence electrons. The number of hydrogen-bond donors (Lipinski definition) is 1. The first kappa shape index (κ1) is 17.2. The molecule has 1 amide bonds. The lowest BCUT2D eigenvalue weighted by atomic mass is 10.1. The first-order chi connectivity index (χ1) is 12.0. The molecule has 0 fully saturated rings.